The largest absolute Gasteiger partial charge is 0.0882 e. The molecule has 0 atom stereocenters. The standard InChI is InChI=1S/C20H34/c1-3-5-7-9-11-13-15-17-19-20-18-16-14-12-10-8-6-4-2/h9,11-12,14-15,17-18,20H,3-8,10,13,16,19H2,1-2H3/b11-9+,14-12?,17-15?,20-18?. The molecule has 0 fully saturated rings. The summed E-state index contributed by atoms with van der Waals surface area (Å²) >= 11 is 0. The maximum atomic E-state index is 2.32. The van der Waals surface area contributed by atoms with Crippen LogP contribution in [-0.4, -0.2) is 0 Å². The van der Waals surface area contributed by atoms with Gasteiger partial charge in [0.1, 0.15) is 0 Å². The third kappa shape index (κ3) is 17.0. The molecule has 0 saturated heterocycles. The minimum Gasteiger partial charge on any atom is -0.0882 e. The Labute approximate surface area is 127 Å². The van der Waals surface area contributed by atoms with Gasteiger partial charge in [-0.15, -0.1) is 0 Å². The van der Waals surface area contributed by atoms with Gasteiger partial charge in [-0.3, -0.25) is 0 Å². The average Bonchev–Trinajstić information content (AvgIpc) is 2.47. The topological polar surface area (TPSA) is 0 Å². The molecule has 114 valence electrons. The summed E-state index contributed by atoms with van der Waals surface area (Å²) in [6, 6.07) is 0. The zero-order chi connectivity index (χ0) is 14.7. The lowest BCUT2D eigenvalue weighted by Gasteiger charge is -1.90. The van der Waals surface area contributed by atoms with Crippen molar-refractivity contribution in [1.29, 1.82) is 0 Å². The first-order valence-corrected chi connectivity index (χ1v) is 8.51. The molecule has 0 N–H and O–H groups in total. The van der Waals surface area contributed by atoms with Crippen LogP contribution in [0.4, 0.5) is 0 Å². The van der Waals surface area contributed by atoms with Gasteiger partial charge in [0.05, 0.1) is 0 Å². The van der Waals surface area contributed by atoms with Crippen molar-refractivity contribution in [3.8, 4) is 0 Å². The molecule has 20 heavy (non-hydrogen) atoms. The van der Waals surface area contributed by atoms with Crippen molar-refractivity contribution in [3.63, 3.8) is 0 Å². The molecular weight excluding hydrogens is 240 g/mol. The molecule has 0 nitrogen and oxygen atoms in total. The Morgan fingerprint density at radius 1 is 0.450 bits per heavy atom. The third-order valence-electron chi connectivity index (χ3n) is 3.18. The number of rotatable bonds is 13. The van der Waals surface area contributed by atoms with Crippen LogP contribution in [-0.2, 0) is 0 Å². The predicted molar refractivity (Wildman–Crippen MR) is 94.1 cm³/mol. The minimum atomic E-state index is 1.06. The number of allylic oxidation sites excluding steroid dienone is 8. The summed E-state index contributed by atoms with van der Waals surface area (Å²) in [5.74, 6) is 0. The fourth-order valence-corrected chi connectivity index (χ4v) is 1.88. The smallest absolute Gasteiger partial charge is 0.0169 e. The molecule has 0 spiro atoms. The Hall–Kier alpha value is -1.04. The van der Waals surface area contributed by atoms with E-state index in [0.717, 1.165) is 19.3 Å². The van der Waals surface area contributed by atoms with Gasteiger partial charge < -0.3 is 0 Å². The van der Waals surface area contributed by atoms with E-state index in [-0.39, 0.29) is 0 Å². The molecule has 0 saturated carbocycles. The van der Waals surface area contributed by atoms with Crippen LogP contribution in [0.5, 0.6) is 0 Å². The second-order valence-corrected chi connectivity index (χ2v) is 5.23. The highest BCUT2D eigenvalue weighted by Gasteiger charge is 1.80. The first-order chi connectivity index (χ1) is 9.91. The maximum absolute atomic E-state index is 2.32. The molecular formula is C20H34. The van der Waals surface area contributed by atoms with Crippen LogP contribution in [0.15, 0.2) is 48.6 Å². The van der Waals surface area contributed by atoms with Crippen LogP contribution in [0.3, 0.4) is 0 Å². The Balaban J connectivity index is 3.36. The van der Waals surface area contributed by atoms with E-state index >= 15 is 0 Å². The van der Waals surface area contributed by atoms with Crippen molar-refractivity contribution in [2.45, 2.75) is 78.1 Å². The molecule has 0 rings (SSSR count). The van der Waals surface area contributed by atoms with Crippen molar-refractivity contribution < 1.29 is 0 Å². The van der Waals surface area contributed by atoms with Gasteiger partial charge >= 0.3 is 0 Å². The Morgan fingerprint density at radius 2 is 0.850 bits per heavy atom. The van der Waals surface area contributed by atoms with E-state index in [2.05, 4.69) is 62.5 Å². The van der Waals surface area contributed by atoms with Gasteiger partial charge in [0.25, 0.3) is 0 Å². The van der Waals surface area contributed by atoms with Crippen LogP contribution < -0.4 is 0 Å². The van der Waals surface area contributed by atoms with Crippen LogP contribution in [0.1, 0.15) is 78.1 Å². The summed E-state index contributed by atoms with van der Waals surface area (Å²) in [5, 5.41) is 0. The van der Waals surface area contributed by atoms with Crippen LogP contribution in [0.25, 0.3) is 0 Å². The molecule has 0 bridgehead atoms. The van der Waals surface area contributed by atoms with Crippen LogP contribution >= 0.6 is 0 Å². The van der Waals surface area contributed by atoms with Gasteiger partial charge in [0.2, 0.25) is 0 Å². The SMILES string of the molecule is CCCC/C=C/CC=CCC=CCC=CCCCCC. The first-order valence-electron chi connectivity index (χ1n) is 8.51. The summed E-state index contributed by atoms with van der Waals surface area (Å²) < 4.78 is 0. The summed E-state index contributed by atoms with van der Waals surface area (Å²) in [7, 11) is 0. The summed E-state index contributed by atoms with van der Waals surface area (Å²) in [5.41, 5.74) is 0. The lowest BCUT2D eigenvalue weighted by Crippen LogP contribution is -1.70. The Bertz CT molecular complexity index is 278. The first kappa shape index (κ1) is 19.0. The van der Waals surface area contributed by atoms with Gasteiger partial charge in [-0.1, -0.05) is 88.1 Å². The molecule has 0 aliphatic heterocycles. The zero-order valence-corrected chi connectivity index (χ0v) is 13.7. The van der Waals surface area contributed by atoms with Gasteiger partial charge in [0, 0.05) is 0 Å². The fraction of sp³-hybridized carbons (Fsp3) is 0.600. The Kier molecular flexibility index (Phi) is 17.0. The highest BCUT2D eigenvalue weighted by atomic mass is 13.9. The van der Waals surface area contributed by atoms with E-state index in [1.54, 1.807) is 0 Å². The maximum Gasteiger partial charge on any atom is -0.0169 e. The second kappa shape index (κ2) is 18.0. The molecule has 0 heterocycles. The molecule has 0 aromatic rings. The van der Waals surface area contributed by atoms with Crippen LogP contribution in [0, 0.1) is 0 Å². The van der Waals surface area contributed by atoms with Crippen molar-refractivity contribution in [3.05, 3.63) is 48.6 Å². The summed E-state index contributed by atoms with van der Waals surface area (Å²) in [6.07, 6.45) is 30.5. The van der Waals surface area contributed by atoms with Crippen molar-refractivity contribution >= 4 is 0 Å². The zero-order valence-electron chi connectivity index (χ0n) is 13.7. The molecule has 0 unspecified atom stereocenters. The summed E-state index contributed by atoms with van der Waals surface area (Å²) in [4.78, 5) is 0. The molecule has 0 amide bonds. The van der Waals surface area contributed by atoms with Gasteiger partial charge in [-0.2, -0.15) is 0 Å². The highest BCUT2D eigenvalue weighted by molar-refractivity contribution is 4.99. The lowest BCUT2D eigenvalue weighted by molar-refractivity contribution is 0.728. The van der Waals surface area contributed by atoms with Gasteiger partial charge in [-0.25, -0.2) is 0 Å². The third-order valence-corrected chi connectivity index (χ3v) is 3.18. The predicted octanol–water partition coefficient (Wildman–Crippen LogP) is 7.15. The molecule has 0 radical (unpaired) electrons. The molecule has 0 heteroatoms. The monoisotopic (exact) mass is 274 g/mol. The van der Waals surface area contributed by atoms with Crippen LogP contribution in [0.2, 0.25) is 0 Å². The average molecular weight is 274 g/mol. The number of hydrogen-bond donors (Lipinski definition) is 0. The van der Waals surface area contributed by atoms with Crippen molar-refractivity contribution in [1.82, 2.24) is 0 Å². The summed E-state index contributed by atoms with van der Waals surface area (Å²) in [6.45, 7) is 4.49. The van der Waals surface area contributed by atoms with E-state index < -0.39 is 0 Å². The van der Waals surface area contributed by atoms with Crippen molar-refractivity contribution in [2.75, 3.05) is 0 Å². The molecule has 0 aromatic carbocycles. The number of unbranched alkanes of at least 4 members (excludes halogenated alkanes) is 5. The van der Waals surface area contributed by atoms with E-state index in [1.165, 1.54) is 44.9 Å². The van der Waals surface area contributed by atoms with E-state index in [9.17, 15) is 0 Å². The molecule has 0 aromatic heterocycles. The highest BCUT2D eigenvalue weighted by Crippen LogP contribution is 2.01. The van der Waals surface area contributed by atoms with E-state index in [1.807, 2.05) is 0 Å². The van der Waals surface area contributed by atoms with E-state index in [4.69, 9.17) is 0 Å². The minimum absolute atomic E-state index is 1.06. The quantitative estimate of drug-likeness (QED) is 0.247. The molecule has 0 aliphatic rings. The second-order valence-electron chi connectivity index (χ2n) is 5.23. The number of hydrogen-bond acceptors (Lipinski definition) is 0. The van der Waals surface area contributed by atoms with Gasteiger partial charge in [0.15, 0.2) is 0 Å². The lowest BCUT2D eigenvalue weighted by atomic mass is 10.2. The van der Waals surface area contributed by atoms with Crippen molar-refractivity contribution in [2.24, 2.45) is 0 Å². The Morgan fingerprint density at radius 3 is 1.30 bits per heavy atom. The molecule has 0 aliphatic carbocycles. The normalized spacial score (nSPS) is 12.7. The van der Waals surface area contributed by atoms with Gasteiger partial charge in [-0.05, 0) is 38.5 Å². The fourth-order valence-electron chi connectivity index (χ4n) is 1.88. The van der Waals surface area contributed by atoms with E-state index in [0.29, 0.717) is 0 Å².